The number of unbranched alkanes of at least 4 members (excludes halogenated alkanes) is 3. The largest absolute Gasteiger partial charge is 0.497 e. The lowest BCUT2D eigenvalue weighted by molar-refractivity contribution is -0.116. The summed E-state index contributed by atoms with van der Waals surface area (Å²) in [6.07, 6.45) is 7.88. The molecule has 0 heterocycles. The highest BCUT2D eigenvalue weighted by atomic mass is 16.5. The maximum absolute atomic E-state index is 11.7. The van der Waals surface area contributed by atoms with Crippen LogP contribution in [0.1, 0.15) is 38.2 Å². The van der Waals surface area contributed by atoms with Crippen molar-refractivity contribution < 1.29 is 14.3 Å². The first-order valence-corrected chi connectivity index (χ1v) is 7.39. The van der Waals surface area contributed by atoms with Gasteiger partial charge in [-0.05, 0) is 24.6 Å². The third kappa shape index (κ3) is 6.34. The molecule has 0 aromatic heterocycles. The molecule has 1 rings (SSSR count). The summed E-state index contributed by atoms with van der Waals surface area (Å²) in [6.45, 7) is 2.90. The fourth-order valence-electron chi connectivity index (χ4n) is 1.94. The molecule has 4 heteroatoms. The molecule has 0 saturated heterocycles. The number of methoxy groups -OCH3 is 2. The van der Waals surface area contributed by atoms with Crippen molar-refractivity contribution in [2.24, 2.45) is 0 Å². The van der Waals surface area contributed by atoms with Crippen LogP contribution in [0, 0.1) is 0 Å². The Hall–Kier alpha value is -1.97. The van der Waals surface area contributed by atoms with Gasteiger partial charge in [-0.3, -0.25) is 4.79 Å². The molecule has 0 saturated carbocycles. The second-order valence-corrected chi connectivity index (χ2v) is 4.79. The van der Waals surface area contributed by atoms with Crippen LogP contribution in [0.15, 0.2) is 24.3 Å². The van der Waals surface area contributed by atoms with E-state index in [1.165, 1.54) is 18.9 Å². The minimum atomic E-state index is -0.0793. The van der Waals surface area contributed by atoms with Gasteiger partial charge in [-0.15, -0.1) is 0 Å². The van der Waals surface area contributed by atoms with E-state index < -0.39 is 0 Å². The van der Waals surface area contributed by atoms with Crippen molar-refractivity contribution in [1.29, 1.82) is 0 Å². The molecule has 0 unspecified atom stereocenters. The number of amides is 1. The predicted octanol–water partition coefficient (Wildman–Crippen LogP) is 3.41. The maximum atomic E-state index is 11.7. The first-order valence-electron chi connectivity index (χ1n) is 7.39. The summed E-state index contributed by atoms with van der Waals surface area (Å²) >= 11 is 0. The second kappa shape index (κ2) is 9.86. The fourth-order valence-corrected chi connectivity index (χ4v) is 1.94. The Labute approximate surface area is 127 Å². The molecule has 0 atom stereocenters. The zero-order valence-corrected chi connectivity index (χ0v) is 13.1. The van der Waals surface area contributed by atoms with Gasteiger partial charge in [0.25, 0.3) is 0 Å². The molecule has 4 nitrogen and oxygen atoms in total. The SMILES string of the molecule is CCCCCCNC(=O)/C=C/c1ccc(OC)cc1OC. The van der Waals surface area contributed by atoms with E-state index in [0.29, 0.717) is 5.75 Å². The first kappa shape index (κ1) is 17.1. The number of ether oxygens (including phenoxy) is 2. The second-order valence-electron chi connectivity index (χ2n) is 4.79. The lowest BCUT2D eigenvalue weighted by Crippen LogP contribution is -2.21. The maximum Gasteiger partial charge on any atom is 0.244 e. The summed E-state index contributed by atoms with van der Waals surface area (Å²) in [5.41, 5.74) is 0.847. The summed E-state index contributed by atoms with van der Waals surface area (Å²) in [7, 11) is 3.20. The van der Waals surface area contributed by atoms with Crippen LogP contribution in [0.4, 0.5) is 0 Å². The zero-order valence-electron chi connectivity index (χ0n) is 13.1. The van der Waals surface area contributed by atoms with E-state index in [4.69, 9.17) is 9.47 Å². The normalized spacial score (nSPS) is 10.6. The van der Waals surface area contributed by atoms with Gasteiger partial charge in [0.1, 0.15) is 11.5 Å². The van der Waals surface area contributed by atoms with Crippen LogP contribution in [0.3, 0.4) is 0 Å². The minimum Gasteiger partial charge on any atom is -0.497 e. The van der Waals surface area contributed by atoms with Crippen LogP contribution in [-0.4, -0.2) is 26.7 Å². The van der Waals surface area contributed by atoms with Gasteiger partial charge in [-0.2, -0.15) is 0 Å². The van der Waals surface area contributed by atoms with Crippen LogP contribution in [0.2, 0.25) is 0 Å². The van der Waals surface area contributed by atoms with E-state index >= 15 is 0 Å². The fraction of sp³-hybridized carbons (Fsp3) is 0.471. The third-order valence-electron chi connectivity index (χ3n) is 3.18. The summed E-state index contributed by atoms with van der Waals surface area (Å²) in [4.78, 5) is 11.7. The highest BCUT2D eigenvalue weighted by molar-refractivity contribution is 5.92. The Morgan fingerprint density at radius 3 is 2.67 bits per heavy atom. The van der Waals surface area contributed by atoms with E-state index in [0.717, 1.165) is 30.7 Å². The molecule has 116 valence electrons. The van der Waals surface area contributed by atoms with Crippen molar-refractivity contribution in [3.8, 4) is 11.5 Å². The van der Waals surface area contributed by atoms with Crippen LogP contribution < -0.4 is 14.8 Å². The average molecular weight is 291 g/mol. The molecule has 0 aliphatic carbocycles. The van der Waals surface area contributed by atoms with Gasteiger partial charge in [0, 0.05) is 24.3 Å². The lowest BCUT2D eigenvalue weighted by atomic mass is 10.1. The summed E-state index contributed by atoms with van der Waals surface area (Å²) in [5.74, 6) is 1.33. The molecule has 0 bridgehead atoms. The molecule has 1 aromatic carbocycles. The van der Waals surface area contributed by atoms with Crippen molar-refractivity contribution in [3.05, 3.63) is 29.8 Å². The molecule has 0 spiro atoms. The number of nitrogens with one attached hydrogen (secondary N) is 1. The van der Waals surface area contributed by atoms with Crippen LogP contribution >= 0.6 is 0 Å². The van der Waals surface area contributed by atoms with Gasteiger partial charge in [-0.25, -0.2) is 0 Å². The smallest absolute Gasteiger partial charge is 0.244 e. The Morgan fingerprint density at radius 1 is 1.19 bits per heavy atom. The average Bonchev–Trinajstić information content (AvgIpc) is 2.52. The Balaban J connectivity index is 2.50. The number of carbonyl (C=O) groups is 1. The van der Waals surface area contributed by atoms with Crippen molar-refractivity contribution in [3.63, 3.8) is 0 Å². The van der Waals surface area contributed by atoms with Gasteiger partial charge < -0.3 is 14.8 Å². The number of hydrogen-bond acceptors (Lipinski definition) is 3. The molecule has 0 aliphatic heterocycles. The molecule has 0 aliphatic rings. The van der Waals surface area contributed by atoms with Crippen molar-refractivity contribution in [1.82, 2.24) is 5.32 Å². The van der Waals surface area contributed by atoms with E-state index in [-0.39, 0.29) is 5.91 Å². The molecular formula is C17H25NO3. The first-order chi connectivity index (χ1) is 10.2. The summed E-state index contributed by atoms with van der Waals surface area (Å²) < 4.78 is 10.4. The summed E-state index contributed by atoms with van der Waals surface area (Å²) in [6, 6.07) is 5.50. The van der Waals surface area contributed by atoms with E-state index in [2.05, 4.69) is 12.2 Å². The molecule has 0 fully saturated rings. The molecule has 1 N–H and O–H groups in total. The Bertz CT molecular complexity index is 469. The summed E-state index contributed by atoms with van der Waals surface area (Å²) in [5, 5.41) is 2.88. The predicted molar refractivity (Wildman–Crippen MR) is 85.7 cm³/mol. The van der Waals surface area contributed by atoms with Gasteiger partial charge in [-0.1, -0.05) is 26.2 Å². The topological polar surface area (TPSA) is 47.6 Å². The quantitative estimate of drug-likeness (QED) is 0.560. The zero-order chi connectivity index (χ0) is 15.5. The van der Waals surface area contributed by atoms with E-state index in [9.17, 15) is 4.79 Å². The van der Waals surface area contributed by atoms with E-state index in [1.54, 1.807) is 26.4 Å². The van der Waals surface area contributed by atoms with Crippen molar-refractivity contribution >= 4 is 12.0 Å². The monoisotopic (exact) mass is 291 g/mol. The van der Waals surface area contributed by atoms with Crippen LogP contribution in [-0.2, 0) is 4.79 Å². The third-order valence-corrected chi connectivity index (χ3v) is 3.18. The molecule has 21 heavy (non-hydrogen) atoms. The minimum absolute atomic E-state index is 0.0793. The highest BCUT2D eigenvalue weighted by Crippen LogP contribution is 2.25. The van der Waals surface area contributed by atoms with Crippen LogP contribution in [0.5, 0.6) is 11.5 Å². The Morgan fingerprint density at radius 2 is 2.00 bits per heavy atom. The van der Waals surface area contributed by atoms with Gasteiger partial charge in [0.05, 0.1) is 14.2 Å². The van der Waals surface area contributed by atoms with Crippen molar-refractivity contribution in [2.75, 3.05) is 20.8 Å². The molecule has 0 radical (unpaired) electrons. The number of hydrogen-bond donors (Lipinski definition) is 1. The van der Waals surface area contributed by atoms with Gasteiger partial charge in [0.2, 0.25) is 5.91 Å². The molecule has 1 amide bonds. The van der Waals surface area contributed by atoms with Crippen LogP contribution in [0.25, 0.3) is 6.08 Å². The van der Waals surface area contributed by atoms with Crippen molar-refractivity contribution in [2.45, 2.75) is 32.6 Å². The van der Waals surface area contributed by atoms with Gasteiger partial charge >= 0.3 is 0 Å². The number of rotatable bonds is 9. The van der Waals surface area contributed by atoms with Gasteiger partial charge in [0.15, 0.2) is 0 Å². The number of carbonyl (C=O) groups excluding carboxylic acids is 1. The van der Waals surface area contributed by atoms with E-state index in [1.807, 2.05) is 12.1 Å². The highest BCUT2D eigenvalue weighted by Gasteiger charge is 2.02. The lowest BCUT2D eigenvalue weighted by Gasteiger charge is -2.07. The Kier molecular flexibility index (Phi) is 8.02. The standard InChI is InChI=1S/C17H25NO3/c1-4-5-6-7-12-18-17(19)11-9-14-8-10-15(20-2)13-16(14)21-3/h8-11,13H,4-7,12H2,1-3H3,(H,18,19)/b11-9+. The number of benzene rings is 1. The molecular weight excluding hydrogens is 266 g/mol. The molecule has 1 aromatic rings.